The van der Waals surface area contributed by atoms with Gasteiger partial charge in [-0.1, -0.05) is 23.7 Å². The number of nitro benzene ring substituents is 1. The number of thiazole rings is 1. The lowest BCUT2D eigenvalue weighted by atomic mass is 10.2. The fraction of sp³-hybridized carbons (Fsp3) is 0. The van der Waals surface area contributed by atoms with E-state index in [0.717, 1.165) is 17.7 Å². The molecule has 0 fully saturated rings. The normalized spacial score (nSPS) is 11.1. The van der Waals surface area contributed by atoms with E-state index in [1.165, 1.54) is 23.6 Å². The van der Waals surface area contributed by atoms with Crippen LogP contribution in [0.5, 0.6) is 0 Å². The molecule has 1 N–H and O–H groups in total. The maximum absolute atomic E-state index is 13.4. The largest absolute Gasteiger partial charge is 0.360 e. The number of allylic oxidation sites excluding steroid dienone is 1. The lowest BCUT2D eigenvalue weighted by Crippen LogP contribution is -1.96. The molecule has 2 aromatic carbocycles. The van der Waals surface area contributed by atoms with E-state index in [9.17, 15) is 19.8 Å². The van der Waals surface area contributed by atoms with Gasteiger partial charge < -0.3 is 5.32 Å². The number of hydrogen-bond acceptors (Lipinski definition) is 6. The number of nitrogens with one attached hydrogen (secondary N) is 1. The summed E-state index contributed by atoms with van der Waals surface area (Å²) >= 11 is 7.16. The van der Waals surface area contributed by atoms with E-state index in [-0.39, 0.29) is 11.3 Å². The zero-order chi connectivity index (χ0) is 19.4. The summed E-state index contributed by atoms with van der Waals surface area (Å²) in [6.07, 6.45) is 1.38. The smallest absolute Gasteiger partial charge is 0.306 e. The van der Waals surface area contributed by atoms with E-state index in [1.54, 1.807) is 12.1 Å². The van der Waals surface area contributed by atoms with Crippen molar-refractivity contribution in [1.82, 2.24) is 4.98 Å². The molecule has 0 unspecified atom stereocenters. The molecule has 6 nitrogen and oxygen atoms in total. The average Bonchev–Trinajstić information content (AvgIpc) is 3.14. The Morgan fingerprint density at radius 2 is 2.07 bits per heavy atom. The zero-order valence-corrected chi connectivity index (χ0v) is 15.1. The molecule has 1 aromatic heterocycles. The van der Waals surface area contributed by atoms with Gasteiger partial charge in [-0.15, -0.1) is 11.3 Å². The predicted molar refractivity (Wildman–Crippen MR) is 103 cm³/mol. The predicted octanol–water partition coefficient (Wildman–Crippen LogP) is 5.49. The molecule has 0 aliphatic rings. The number of aromatic nitrogens is 1. The van der Waals surface area contributed by atoms with Crippen molar-refractivity contribution in [3.05, 3.63) is 80.0 Å². The van der Waals surface area contributed by atoms with E-state index in [4.69, 9.17) is 11.6 Å². The molecule has 3 aromatic rings. The standard InChI is InChI=1S/C18H10ClFN4O2S/c19-13-3-1-11(2-4-13)16-10-27-18(23-16)12(8-21)9-22-14-5-6-15(20)17(7-14)24(25)26/h1-7,9-10,22H. The molecule has 9 heteroatoms. The summed E-state index contributed by atoms with van der Waals surface area (Å²) in [5.41, 5.74) is 1.44. The molecule has 0 atom stereocenters. The van der Waals surface area contributed by atoms with Crippen LogP contribution in [0.2, 0.25) is 5.02 Å². The molecule has 0 spiro atoms. The molecule has 0 saturated heterocycles. The number of halogens is 2. The highest BCUT2D eigenvalue weighted by molar-refractivity contribution is 7.11. The van der Waals surface area contributed by atoms with Crippen molar-refractivity contribution in [2.24, 2.45) is 0 Å². The van der Waals surface area contributed by atoms with Gasteiger partial charge in [-0.25, -0.2) is 4.98 Å². The first kappa shape index (κ1) is 18.5. The SMILES string of the molecule is N#CC(=CNc1ccc(F)c([N+](=O)[O-])c1)c1nc(-c2ccc(Cl)cc2)cs1. The Bertz CT molecular complexity index is 1070. The summed E-state index contributed by atoms with van der Waals surface area (Å²) in [6.45, 7) is 0. The van der Waals surface area contributed by atoms with Crippen molar-refractivity contribution in [2.45, 2.75) is 0 Å². The third kappa shape index (κ3) is 4.28. The van der Waals surface area contributed by atoms with Crippen LogP contribution in [-0.4, -0.2) is 9.91 Å². The van der Waals surface area contributed by atoms with Crippen LogP contribution in [0.4, 0.5) is 15.8 Å². The monoisotopic (exact) mass is 400 g/mol. The Hall–Kier alpha value is -3.28. The number of hydrogen-bond donors (Lipinski definition) is 1. The average molecular weight is 401 g/mol. The van der Waals surface area contributed by atoms with Gasteiger partial charge >= 0.3 is 5.69 Å². The maximum Gasteiger partial charge on any atom is 0.306 e. The van der Waals surface area contributed by atoms with E-state index in [1.807, 2.05) is 23.6 Å². The van der Waals surface area contributed by atoms with Crippen LogP contribution in [0.15, 0.2) is 54.0 Å². The van der Waals surface area contributed by atoms with Crippen LogP contribution in [0.25, 0.3) is 16.8 Å². The minimum Gasteiger partial charge on any atom is -0.360 e. The van der Waals surface area contributed by atoms with Gasteiger partial charge in [-0.2, -0.15) is 9.65 Å². The second-order valence-corrected chi connectivity index (χ2v) is 6.58. The van der Waals surface area contributed by atoms with Crippen molar-refractivity contribution >= 4 is 39.9 Å². The Kier molecular flexibility index (Phi) is 5.45. The van der Waals surface area contributed by atoms with Crippen LogP contribution in [0, 0.1) is 27.3 Å². The van der Waals surface area contributed by atoms with Gasteiger partial charge in [-0.05, 0) is 24.3 Å². The third-order valence-corrected chi connectivity index (χ3v) is 4.65. The second-order valence-electron chi connectivity index (χ2n) is 5.28. The molecule has 0 aliphatic carbocycles. The van der Waals surface area contributed by atoms with Crippen LogP contribution in [-0.2, 0) is 0 Å². The number of benzene rings is 2. The summed E-state index contributed by atoms with van der Waals surface area (Å²) in [7, 11) is 0. The Balaban J connectivity index is 1.83. The van der Waals surface area contributed by atoms with E-state index >= 15 is 0 Å². The lowest BCUT2D eigenvalue weighted by Gasteiger charge is -2.02. The molecule has 0 bridgehead atoms. The van der Waals surface area contributed by atoms with Crippen LogP contribution in [0.3, 0.4) is 0 Å². The van der Waals surface area contributed by atoms with Crippen molar-refractivity contribution in [3.8, 4) is 17.3 Å². The summed E-state index contributed by atoms with van der Waals surface area (Å²) in [5.74, 6) is -0.928. The zero-order valence-electron chi connectivity index (χ0n) is 13.5. The third-order valence-electron chi connectivity index (χ3n) is 3.52. The maximum atomic E-state index is 13.4. The summed E-state index contributed by atoms with van der Waals surface area (Å²) < 4.78 is 13.4. The van der Waals surface area contributed by atoms with Crippen LogP contribution in [0.1, 0.15) is 5.01 Å². The summed E-state index contributed by atoms with van der Waals surface area (Å²) in [4.78, 5) is 14.4. The summed E-state index contributed by atoms with van der Waals surface area (Å²) in [5, 5.41) is 25.9. The molecule has 0 saturated carbocycles. The van der Waals surface area contributed by atoms with Crippen molar-refractivity contribution in [1.29, 1.82) is 5.26 Å². The van der Waals surface area contributed by atoms with E-state index < -0.39 is 16.4 Å². The molecular formula is C18H10ClFN4O2S. The molecule has 27 heavy (non-hydrogen) atoms. The summed E-state index contributed by atoms with van der Waals surface area (Å²) in [6, 6.07) is 12.6. The first-order chi connectivity index (χ1) is 13.0. The first-order valence-electron chi connectivity index (χ1n) is 7.50. The van der Waals surface area contributed by atoms with Crippen LogP contribution < -0.4 is 5.32 Å². The molecule has 0 amide bonds. The Morgan fingerprint density at radius 3 is 2.74 bits per heavy atom. The van der Waals surface area contributed by atoms with Gasteiger partial charge in [0.05, 0.1) is 10.6 Å². The van der Waals surface area contributed by atoms with Gasteiger partial charge in [0.25, 0.3) is 0 Å². The van der Waals surface area contributed by atoms with Crippen molar-refractivity contribution < 1.29 is 9.31 Å². The fourth-order valence-electron chi connectivity index (χ4n) is 2.19. The van der Waals surface area contributed by atoms with Gasteiger partial charge in [0.15, 0.2) is 0 Å². The van der Waals surface area contributed by atoms with Gasteiger partial charge in [0.2, 0.25) is 5.82 Å². The van der Waals surface area contributed by atoms with Crippen molar-refractivity contribution in [2.75, 3.05) is 5.32 Å². The van der Waals surface area contributed by atoms with Gasteiger partial charge in [0.1, 0.15) is 16.6 Å². The topological polar surface area (TPSA) is 91.8 Å². The van der Waals surface area contributed by atoms with E-state index in [0.29, 0.717) is 15.7 Å². The minimum atomic E-state index is -0.928. The van der Waals surface area contributed by atoms with Crippen molar-refractivity contribution in [3.63, 3.8) is 0 Å². The molecule has 3 rings (SSSR count). The number of nitriles is 1. The fourth-order valence-corrected chi connectivity index (χ4v) is 3.11. The molecule has 0 aliphatic heterocycles. The first-order valence-corrected chi connectivity index (χ1v) is 8.76. The molecule has 0 radical (unpaired) electrons. The molecular weight excluding hydrogens is 391 g/mol. The van der Waals surface area contributed by atoms with Gasteiger partial charge in [-0.3, -0.25) is 10.1 Å². The van der Waals surface area contributed by atoms with Gasteiger partial charge in [0, 0.05) is 33.9 Å². The van der Waals surface area contributed by atoms with E-state index in [2.05, 4.69) is 10.3 Å². The minimum absolute atomic E-state index is 0.243. The quantitative estimate of drug-likeness (QED) is 0.347. The number of anilines is 1. The number of nitrogens with zero attached hydrogens (tertiary/aromatic N) is 3. The Morgan fingerprint density at radius 1 is 1.33 bits per heavy atom. The molecule has 1 heterocycles. The Labute approximate surface area is 162 Å². The highest BCUT2D eigenvalue weighted by Gasteiger charge is 2.14. The highest BCUT2D eigenvalue weighted by Crippen LogP contribution is 2.27. The number of rotatable bonds is 5. The highest BCUT2D eigenvalue weighted by atomic mass is 35.5. The van der Waals surface area contributed by atoms with Crippen LogP contribution >= 0.6 is 22.9 Å². The lowest BCUT2D eigenvalue weighted by molar-refractivity contribution is -0.387. The molecule has 134 valence electrons. The second kappa shape index (κ2) is 7.95. The number of nitro groups is 1.